The molecule has 1 aliphatic rings. The highest BCUT2D eigenvalue weighted by Crippen LogP contribution is 2.46. The standard InChI is InChI=1S/C15H23NO2/c1-3-7-16(8-4-2)13-10-12(13)11-5-6-14(17)15(18)9-11/h5-6,9,12-13,17-18H,3-4,7-8,10H2,1-2H3/t12-,13+/m1/s1. The fourth-order valence-corrected chi connectivity index (χ4v) is 2.73. The highest BCUT2D eigenvalue weighted by Gasteiger charge is 2.42. The van der Waals surface area contributed by atoms with Gasteiger partial charge in [-0.3, -0.25) is 4.90 Å². The SMILES string of the molecule is CCCN(CCC)[C@H]1C[C@@H]1c1ccc(O)c(O)c1. The van der Waals surface area contributed by atoms with Crippen LogP contribution in [0.4, 0.5) is 0 Å². The molecule has 1 fully saturated rings. The molecule has 1 aliphatic carbocycles. The van der Waals surface area contributed by atoms with E-state index in [1.165, 1.54) is 19.3 Å². The van der Waals surface area contributed by atoms with Crippen LogP contribution < -0.4 is 0 Å². The van der Waals surface area contributed by atoms with Gasteiger partial charge in [-0.05, 0) is 50.0 Å². The van der Waals surface area contributed by atoms with E-state index in [1.807, 2.05) is 6.07 Å². The Bertz CT molecular complexity index is 399. The van der Waals surface area contributed by atoms with Crippen molar-refractivity contribution in [2.75, 3.05) is 13.1 Å². The summed E-state index contributed by atoms with van der Waals surface area (Å²) in [6.07, 6.45) is 3.54. The number of phenolic OH excluding ortho intramolecular Hbond substituents is 2. The number of hydrogen-bond donors (Lipinski definition) is 2. The van der Waals surface area contributed by atoms with E-state index in [0.29, 0.717) is 12.0 Å². The molecule has 2 atom stereocenters. The summed E-state index contributed by atoms with van der Waals surface area (Å²) in [6, 6.07) is 5.84. The highest BCUT2D eigenvalue weighted by molar-refractivity contribution is 5.43. The Kier molecular flexibility index (Phi) is 4.12. The Morgan fingerprint density at radius 2 is 1.78 bits per heavy atom. The maximum Gasteiger partial charge on any atom is 0.157 e. The molecule has 0 unspecified atom stereocenters. The van der Waals surface area contributed by atoms with Gasteiger partial charge < -0.3 is 10.2 Å². The first-order valence-corrected chi connectivity index (χ1v) is 6.93. The largest absolute Gasteiger partial charge is 0.504 e. The maximum absolute atomic E-state index is 9.54. The summed E-state index contributed by atoms with van der Waals surface area (Å²) in [5, 5.41) is 18.9. The van der Waals surface area contributed by atoms with Crippen molar-refractivity contribution >= 4 is 0 Å². The molecule has 100 valence electrons. The van der Waals surface area contributed by atoms with Crippen LogP contribution in [0.2, 0.25) is 0 Å². The molecular formula is C15H23NO2. The molecule has 0 heterocycles. The molecule has 18 heavy (non-hydrogen) atoms. The van der Waals surface area contributed by atoms with Crippen molar-refractivity contribution < 1.29 is 10.2 Å². The Hall–Kier alpha value is -1.22. The molecule has 2 N–H and O–H groups in total. The number of aromatic hydroxyl groups is 2. The third kappa shape index (κ3) is 2.78. The average Bonchev–Trinajstić information content (AvgIpc) is 3.12. The summed E-state index contributed by atoms with van der Waals surface area (Å²) >= 11 is 0. The molecular weight excluding hydrogens is 226 g/mol. The first kappa shape index (κ1) is 13.2. The second kappa shape index (κ2) is 5.61. The van der Waals surface area contributed by atoms with Gasteiger partial charge >= 0.3 is 0 Å². The third-order valence-electron chi connectivity index (χ3n) is 3.68. The van der Waals surface area contributed by atoms with Crippen molar-refractivity contribution in [1.82, 2.24) is 4.90 Å². The zero-order chi connectivity index (χ0) is 13.1. The lowest BCUT2D eigenvalue weighted by Crippen LogP contribution is -2.28. The Morgan fingerprint density at radius 1 is 1.11 bits per heavy atom. The van der Waals surface area contributed by atoms with Crippen molar-refractivity contribution in [3.63, 3.8) is 0 Å². The van der Waals surface area contributed by atoms with E-state index < -0.39 is 0 Å². The molecule has 1 aromatic carbocycles. The van der Waals surface area contributed by atoms with Crippen molar-refractivity contribution in [2.45, 2.75) is 45.1 Å². The second-order valence-electron chi connectivity index (χ2n) is 5.19. The quantitative estimate of drug-likeness (QED) is 0.761. The van der Waals surface area contributed by atoms with Crippen LogP contribution in [-0.2, 0) is 0 Å². The van der Waals surface area contributed by atoms with Gasteiger partial charge in [0, 0.05) is 12.0 Å². The van der Waals surface area contributed by atoms with Gasteiger partial charge in [0.1, 0.15) is 0 Å². The number of nitrogens with zero attached hydrogens (tertiary/aromatic N) is 1. The lowest BCUT2D eigenvalue weighted by Gasteiger charge is -2.21. The molecule has 0 amide bonds. The molecule has 3 heteroatoms. The van der Waals surface area contributed by atoms with Crippen LogP contribution in [0.25, 0.3) is 0 Å². The van der Waals surface area contributed by atoms with Crippen molar-refractivity contribution in [1.29, 1.82) is 0 Å². The van der Waals surface area contributed by atoms with Crippen LogP contribution in [-0.4, -0.2) is 34.2 Å². The van der Waals surface area contributed by atoms with E-state index in [-0.39, 0.29) is 11.5 Å². The van der Waals surface area contributed by atoms with Gasteiger partial charge in [-0.1, -0.05) is 19.9 Å². The molecule has 0 spiro atoms. The predicted molar refractivity (Wildman–Crippen MR) is 73.1 cm³/mol. The van der Waals surface area contributed by atoms with E-state index in [4.69, 9.17) is 0 Å². The molecule has 2 rings (SSSR count). The number of benzene rings is 1. The lowest BCUT2D eigenvalue weighted by molar-refractivity contribution is 0.260. The van der Waals surface area contributed by atoms with Crippen molar-refractivity contribution in [2.24, 2.45) is 0 Å². The Balaban J connectivity index is 2.02. The monoisotopic (exact) mass is 249 g/mol. The summed E-state index contributed by atoms with van der Waals surface area (Å²) in [6.45, 7) is 6.73. The molecule has 0 aliphatic heterocycles. The number of hydrogen-bond acceptors (Lipinski definition) is 3. The molecule has 1 saturated carbocycles. The zero-order valence-electron chi connectivity index (χ0n) is 11.3. The summed E-state index contributed by atoms with van der Waals surface area (Å²) in [4.78, 5) is 2.55. The highest BCUT2D eigenvalue weighted by atomic mass is 16.3. The van der Waals surface area contributed by atoms with Gasteiger partial charge in [0.25, 0.3) is 0 Å². The fourth-order valence-electron chi connectivity index (χ4n) is 2.73. The van der Waals surface area contributed by atoms with Gasteiger partial charge in [-0.25, -0.2) is 0 Å². The van der Waals surface area contributed by atoms with E-state index >= 15 is 0 Å². The van der Waals surface area contributed by atoms with Gasteiger partial charge in [0.15, 0.2) is 11.5 Å². The fraction of sp³-hybridized carbons (Fsp3) is 0.600. The average molecular weight is 249 g/mol. The van der Waals surface area contributed by atoms with Crippen molar-refractivity contribution in [3.8, 4) is 11.5 Å². The van der Waals surface area contributed by atoms with Gasteiger partial charge in [0.05, 0.1) is 0 Å². The van der Waals surface area contributed by atoms with Crippen LogP contribution in [0.5, 0.6) is 11.5 Å². The summed E-state index contributed by atoms with van der Waals surface area (Å²) in [5.41, 5.74) is 1.15. The summed E-state index contributed by atoms with van der Waals surface area (Å²) in [7, 11) is 0. The molecule has 3 nitrogen and oxygen atoms in total. The van der Waals surface area contributed by atoms with E-state index in [9.17, 15) is 10.2 Å². The van der Waals surface area contributed by atoms with Crippen molar-refractivity contribution in [3.05, 3.63) is 23.8 Å². The zero-order valence-corrected chi connectivity index (χ0v) is 11.3. The summed E-state index contributed by atoms with van der Waals surface area (Å²) < 4.78 is 0. The van der Waals surface area contributed by atoms with Crippen LogP contribution in [0, 0.1) is 0 Å². The maximum atomic E-state index is 9.54. The first-order chi connectivity index (χ1) is 8.67. The smallest absolute Gasteiger partial charge is 0.157 e. The van der Waals surface area contributed by atoms with Crippen LogP contribution in [0.15, 0.2) is 18.2 Å². The molecule has 1 aromatic rings. The molecule has 0 saturated heterocycles. The van der Waals surface area contributed by atoms with Crippen LogP contribution >= 0.6 is 0 Å². The second-order valence-corrected chi connectivity index (χ2v) is 5.19. The third-order valence-corrected chi connectivity index (χ3v) is 3.68. The van der Waals surface area contributed by atoms with Gasteiger partial charge in [-0.2, -0.15) is 0 Å². The van der Waals surface area contributed by atoms with Gasteiger partial charge in [-0.15, -0.1) is 0 Å². The van der Waals surface area contributed by atoms with E-state index in [0.717, 1.165) is 18.7 Å². The minimum absolute atomic E-state index is 0.00400. The lowest BCUT2D eigenvalue weighted by atomic mass is 10.1. The van der Waals surface area contributed by atoms with E-state index in [1.54, 1.807) is 12.1 Å². The first-order valence-electron chi connectivity index (χ1n) is 6.93. The minimum Gasteiger partial charge on any atom is -0.504 e. The molecule has 0 radical (unpaired) electrons. The van der Waals surface area contributed by atoms with E-state index in [2.05, 4.69) is 18.7 Å². The normalized spacial score (nSPS) is 22.4. The van der Waals surface area contributed by atoms with Crippen LogP contribution in [0.3, 0.4) is 0 Å². The Morgan fingerprint density at radius 3 is 2.33 bits per heavy atom. The predicted octanol–water partition coefficient (Wildman–Crippen LogP) is 3.08. The Labute approximate surface area is 109 Å². The van der Waals surface area contributed by atoms with Crippen LogP contribution in [0.1, 0.15) is 44.6 Å². The molecule has 0 bridgehead atoms. The number of phenols is 2. The van der Waals surface area contributed by atoms with Gasteiger partial charge in [0.2, 0.25) is 0 Å². The minimum atomic E-state index is -0.0325. The summed E-state index contributed by atoms with van der Waals surface area (Å²) in [5.74, 6) is 0.486. The molecule has 0 aromatic heterocycles. The number of rotatable bonds is 6. The topological polar surface area (TPSA) is 43.7 Å².